The van der Waals surface area contributed by atoms with Crippen molar-refractivity contribution < 1.29 is 13.9 Å². The number of anilines is 1. The van der Waals surface area contributed by atoms with Gasteiger partial charge in [-0.15, -0.1) is 24.0 Å². The Morgan fingerprint density at radius 3 is 3.00 bits per heavy atom. The zero-order chi connectivity index (χ0) is 20.9. The highest BCUT2D eigenvalue weighted by atomic mass is 127. The van der Waals surface area contributed by atoms with E-state index < -0.39 is 0 Å². The molecular formula is C21H26ClFIN5O2. The first-order valence-electron chi connectivity index (χ1n) is 10.0. The number of nitrogens with one attached hydrogen (secondary N) is 2. The summed E-state index contributed by atoms with van der Waals surface area (Å²) in [5.41, 5.74) is 1.06. The van der Waals surface area contributed by atoms with Crippen LogP contribution in [0.1, 0.15) is 12.0 Å². The van der Waals surface area contributed by atoms with Crippen LogP contribution in [0.25, 0.3) is 0 Å². The molecular weight excluding hydrogens is 536 g/mol. The normalized spacial score (nSPS) is 17.8. The molecule has 10 heteroatoms. The number of fused-ring (bicyclic) bond motifs is 1. The van der Waals surface area contributed by atoms with Crippen LogP contribution in [0, 0.1) is 5.82 Å². The van der Waals surface area contributed by atoms with Crippen molar-refractivity contribution in [1.29, 1.82) is 0 Å². The minimum atomic E-state index is -0.293. The summed E-state index contributed by atoms with van der Waals surface area (Å²) in [5, 5.41) is 7.30. The predicted molar refractivity (Wildman–Crippen MR) is 131 cm³/mol. The molecule has 3 heterocycles. The van der Waals surface area contributed by atoms with Crippen molar-refractivity contribution in [2.24, 2.45) is 4.99 Å². The van der Waals surface area contributed by atoms with E-state index in [4.69, 9.17) is 21.1 Å². The number of aliphatic imine (C=N–C) groups is 1. The molecule has 0 aliphatic carbocycles. The zero-order valence-corrected chi connectivity index (χ0v) is 20.3. The van der Waals surface area contributed by atoms with Gasteiger partial charge in [-0.25, -0.2) is 9.37 Å². The van der Waals surface area contributed by atoms with Crippen LogP contribution in [0.15, 0.2) is 35.5 Å². The van der Waals surface area contributed by atoms with E-state index in [2.05, 4.69) is 20.6 Å². The monoisotopic (exact) mass is 561 g/mol. The number of aromatic nitrogens is 1. The largest absolute Gasteiger partial charge is 0.486 e. The molecule has 4 rings (SSSR count). The van der Waals surface area contributed by atoms with Crippen LogP contribution in [-0.4, -0.2) is 56.9 Å². The highest BCUT2D eigenvalue weighted by Crippen LogP contribution is 2.38. The summed E-state index contributed by atoms with van der Waals surface area (Å²) in [6.07, 6.45) is 3.26. The Kier molecular flexibility index (Phi) is 8.42. The average Bonchev–Trinajstić information content (AvgIpc) is 3.21. The maximum Gasteiger partial charge on any atom is 0.191 e. The molecule has 0 spiro atoms. The van der Waals surface area contributed by atoms with E-state index in [1.165, 1.54) is 6.07 Å². The molecule has 1 fully saturated rings. The molecule has 1 aromatic carbocycles. The number of ether oxygens (including phenoxy) is 2. The molecule has 1 atom stereocenters. The quantitative estimate of drug-likeness (QED) is 0.332. The molecule has 0 radical (unpaired) electrons. The number of benzene rings is 1. The second-order valence-electron chi connectivity index (χ2n) is 7.24. The molecule has 2 aliphatic rings. The van der Waals surface area contributed by atoms with Gasteiger partial charge in [-0.2, -0.15) is 0 Å². The van der Waals surface area contributed by atoms with Crippen LogP contribution in [0.3, 0.4) is 0 Å². The van der Waals surface area contributed by atoms with Gasteiger partial charge in [-0.05, 0) is 42.7 Å². The summed E-state index contributed by atoms with van der Waals surface area (Å²) in [6, 6.07) is 7.08. The van der Waals surface area contributed by atoms with Crippen molar-refractivity contribution in [1.82, 2.24) is 15.6 Å². The fourth-order valence-electron chi connectivity index (χ4n) is 3.70. The van der Waals surface area contributed by atoms with Gasteiger partial charge in [0.15, 0.2) is 29.1 Å². The lowest BCUT2D eigenvalue weighted by Gasteiger charge is -2.21. The third kappa shape index (κ3) is 5.82. The lowest BCUT2D eigenvalue weighted by Crippen LogP contribution is -2.45. The van der Waals surface area contributed by atoms with E-state index >= 15 is 0 Å². The summed E-state index contributed by atoms with van der Waals surface area (Å²) in [7, 11) is 1.74. The molecule has 31 heavy (non-hydrogen) atoms. The topological polar surface area (TPSA) is 71.0 Å². The Hall–Kier alpha value is -2.01. The molecule has 7 nitrogen and oxygen atoms in total. The summed E-state index contributed by atoms with van der Waals surface area (Å²) in [4.78, 5) is 10.4. The predicted octanol–water partition coefficient (Wildman–Crippen LogP) is 3.25. The van der Waals surface area contributed by atoms with Gasteiger partial charge in [0, 0.05) is 38.9 Å². The molecule has 1 saturated heterocycles. The van der Waals surface area contributed by atoms with Crippen LogP contribution >= 0.6 is 35.6 Å². The smallest absolute Gasteiger partial charge is 0.191 e. The highest BCUT2D eigenvalue weighted by Gasteiger charge is 2.26. The molecule has 0 saturated carbocycles. The Labute approximate surface area is 203 Å². The molecule has 168 valence electrons. The fourth-order valence-corrected chi connectivity index (χ4v) is 3.99. The Morgan fingerprint density at radius 2 is 2.19 bits per heavy atom. The van der Waals surface area contributed by atoms with Crippen molar-refractivity contribution in [3.63, 3.8) is 0 Å². The van der Waals surface area contributed by atoms with Crippen LogP contribution in [0.5, 0.6) is 11.5 Å². The molecule has 2 aromatic rings. The minimum absolute atomic E-state index is 0. The molecule has 0 amide bonds. The number of nitrogens with zero attached hydrogens (tertiary/aromatic N) is 3. The number of rotatable bonds is 5. The molecule has 2 N–H and O–H groups in total. The van der Waals surface area contributed by atoms with E-state index in [-0.39, 0.29) is 35.8 Å². The second kappa shape index (κ2) is 11.0. The first kappa shape index (κ1) is 23.6. The fraction of sp³-hybridized carbons (Fsp3) is 0.429. The van der Waals surface area contributed by atoms with Crippen LogP contribution in [-0.2, 0) is 6.42 Å². The summed E-state index contributed by atoms with van der Waals surface area (Å²) < 4.78 is 25.2. The third-order valence-corrected chi connectivity index (χ3v) is 5.43. The molecule has 2 aliphatic heterocycles. The lowest BCUT2D eigenvalue weighted by molar-refractivity contribution is 0.171. The van der Waals surface area contributed by atoms with Gasteiger partial charge in [0.1, 0.15) is 13.2 Å². The third-order valence-electron chi connectivity index (χ3n) is 5.15. The van der Waals surface area contributed by atoms with Gasteiger partial charge >= 0.3 is 0 Å². The standard InChI is InChI=1S/C21H25ClFN5O2.HI/c1-24-21(27-15-5-8-28(13-15)20-17(23)3-2-6-25-20)26-7-4-14-11-16(22)19-18(12-14)29-9-10-30-19;/h2-3,6,11-12,15H,4-5,7-10,13H2,1H3,(H2,24,26,27);1H. The van der Waals surface area contributed by atoms with Gasteiger partial charge in [-0.1, -0.05) is 11.6 Å². The number of hydrogen-bond acceptors (Lipinski definition) is 5. The maximum atomic E-state index is 14.0. The Balaban J connectivity index is 0.00000272. The van der Waals surface area contributed by atoms with Crippen LogP contribution in [0.4, 0.5) is 10.2 Å². The maximum absolute atomic E-state index is 14.0. The second-order valence-corrected chi connectivity index (χ2v) is 7.64. The lowest BCUT2D eigenvalue weighted by atomic mass is 10.1. The van der Waals surface area contributed by atoms with Crippen molar-refractivity contribution in [3.8, 4) is 11.5 Å². The molecule has 1 aromatic heterocycles. The SMILES string of the molecule is CN=C(NCCc1cc(Cl)c2c(c1)OCCO2)NC1CCN(c2ncccc2F)C1.I. The van der Waals surface area contributed by atoms with Gasteiger partial charge in [0.05, 0.1) is 5.02 Å². The van der Waals surface area contributed by atoms with Gasteiger partial charge in [-0.3, -0.25) is 4.99 Å². The highest BCUT2D eigenvalue weighted by molar-refractivity contribution is 14.0. The van der Waals surface area contributed by atoms with E-state index in [9.17, 15) is 4.39 Å². The molecule has 1 unspecified atom stereocenters. The van der Waals surface area contributed by atoms with Gasteiger partial charge in [0.2, 0.25) is 0 Å². The van der Waals surface area contributed by atoms with Crippen LogP contribution in [0.2, 0.25) is 5.02 Å². The number of halogens is 3. The summed E-state index contributed by atoms with van der Waals surface area (Å²) in [6.45, 7) is 3.15. The van der Waals surface area contributed by atoms with E-state index in [0.717, 1.165) is 24.9 Å². The number of guanidine groups is 1. The van der Waals surface area contributed by atoms with E-state index in [1.54, 1.807) is 19.3 Å². The Morgan fingerprint density at radius 1 is 1.35 bits per heavy atom. The van der Waals surface area contributed by atoms with Gasteiger partial charge in [0.25, 0.3) is 0 Å². The zero-order valence-electron chi connectivity index (χ0n) is 17.2. The van der Waals surface area contributed by atoms with Gasteiger partial charge < -0.3 is 25.0 Å². The van der Waals surface area contributed by atoms with E-state index in [0.29, 0.717) is 54.6 Å². The molecule has 0 bridgehead atoms. The van der Waals surface area contributed by atoms with E-state index in [1.807, 2.05) is 17.0 Å². The summed E-state index contributed by atoms with van der Waals surface area (Å²) in [5.74, 6) is 2.14. The first-order chi connectivity index (χ1) is 14.6. The Bertz CT molecular complexity index is 933. The van der Waals surface area contributed by atoms with Crippen molar-refractivity contribution >= 4 is 47.4 Å². The minimum Gasteiger partial charge on any atom is -0.486 e. The van der Waals surface area contributed by atoms with Crippen LogP contribution < -0.4 is 25.0 Å². The summed E-state index contributed by atoms with van der Waals surface area (Å²) >= 11 is 6.31. The van der Waals surface area contributed by atoms with Crippen molar-refractivity contribution in [3.05, 3.63) is 46.9 Å². The van der Waals surface area contributed by atoms with Crippen molar-refractivity contribution in [2.45, 2.75) is 18.9 Å². The first-order valence-corrected chi connectivity index (χ1v) is 10.4. The average molecular weight is 562 g/mol. The number of pyridine rings is 1. The van der Waals surface area contributed by atoms with Crippen molar-refractivity contribution in [2.75, 3.05) is 44.8 Å². The number of hydrogen-bond donors (Lipinski definition) is 2.